The molecule has 0 aliphatic rings. The maximum Gasteiger partial charge on any atom is 0.354 e. The summed E-state index contributed by atoms with van der Waals surface area (Å²) < 4.78 is 1.95. The predicted octanol–water partition coefficient (Wildman–Crippen LogP) is 3.59. The summed E-state index contributed by atoms with van der Waals surface area (Å²) in [6.07, 6.45) is 0. The molecule has 0 fully saturated rings. The second-order valence-electron chi connectivity index (χ2n) is 3.14. The molecular weight excluding hydrogens is 293 g/mol. The van der Waals surface area contributed by atoms with Gasteiger partial charge in [0, 0.05) is 5.69 Å². The number of aromatic carboxylic acids is 1. The fourth-order valence-electron chi connectivity index (χ4n) is 1.48. The lowest BCUT2D eigenvalue weighted by Crippen LogP contribution is -2.07. The highest BCUT2D eigenvalue weighted by molar-refractivity contribution is 9.10. The molecule has 1 aromatic carbocycles. The minimum Gasteiger partial charge on any atom is -0.477 e. The van der Waals surface area contributed by atoms with Crippen molar-refractivity contribution in [2.75, 3.05) is 0 Å². The van der Waals surface area contributed by atoms with Crippen LogP contribution in [0.25, 0.3) is 5.69 Å². The lowest BCUT2D eigenvalue weighted by Gasteiger charge is -2.07. The standard InChI is InChI=1S/C11H7BrClNO2/c12-8-6-9(13)14(10(8)11(15)16)7-4-2-1-3-5-7/h1-6H,(H,15,16). The Morgan fingerprint density at radius 1 is 1.31 bits per heavy atom. The van der Waals surface area contributed by atoms with Gasteiger partial charge in [-0.15, -0.1) is 0 Å². The first-order valence-corrected chi connectivity index (χ1v) is 5.64. The molecule has 0 radical (unpaired) electrons. The SMILES string of the molecule is O=C(O)c1c(Br)cc(Cl)n1-c1ccccc1. The predicted molar refractivity (Wildman–Crippen MR) is 65.4 cm³/mol. The van der Waals surface area contributed by atoms with Crippen LogP contribution in [0.5, 0.6) is 0 Å². The fraction of sp³-hybridized carbons (Fsp3) is 0. The van der Waals surface area contributed by atoms with Crippen LogP contribution in [0.2, 0.25) is 5.15 Å². The summed E-state index contributed by atoms with van der Waals surface area (Å²) in [5.41, 5.74) is 0.840. The maximum atomic E-state index is 11.1. The highest BCUT2D eigenvalue weighted by Crippen LogP contribution is 2.28. The summed E-state index contributed by atoms with van der Waals surface area (Å²) in [6, 6.07) is 10.7. The summed E-state index contributed by atoms with van der Waals surface area (Å²) in [7, 11) is 0. The van der Waals surface area contributed by atoms with Crippen molar-refractivity contribution in [1.29, 1.82) is 0 Å². The molecule has 0 amide bonds. The Morgan fingerprint density at radius 3 is 2.50 bits per heavy atom. The first kappa shape index (κ1) is 11.2. The van der Waals surface area contributed by atoms with Crippen LogP contribution in [0.3, 0.4) is 0 Å². The molecule has 16 heavy (non-hydrogen) atoms. The number of nitrogens with zero attached hydrogens (tertiary/aromatic N) is 1. The normalized spacial score (nSPS) is 10.4. The van der Waals surface area contributed by atoms with Crippen LogP contribution >= 0.6 is 27.5 Å². The Hall–Kier alpha value is -1.26. The molecular formula is C11H7BrClNO2. The summed E-state index contributed by atoms with van der Waals surface area (Å²) >= 11 is 9.18. The second-order valence-corrected chi connectivity index (χ2v) is 4.38. The molecule has 0 saturated heterocycles. The van der Waals surface area contributed by atoms with E-state index in [1.807, 2.05) is 18.2 Å². The number of benzene rings is 1. The van der Waals surface area contributed by atoms with Gasteiger partial charge in [0.15, 0.2) is 0 Å². The molecule has 1 heterocycles. The monoisotopic (exact) mass is 299 g/mol. The molecule has 0 unspecified atom stereocenters. The number of para-hydroxylation sites is 1. The number of rotatable bonds is 2. The molecule has 0 aliphatic heterocycles. The Kier molecular flexibility index (Phi) is 3.03. The van der Waals surface area contributed by atoms with Crippen molar-refractivity contribution in [3.63, 3.8) is 0 Å². The van der Waals surface area contributed by atoms with Gasteiger partial charge in [0.1, 0.15) is 10.8 Å². The molecule has 0 atom stereocenters. The molecule has 5 heteroatoms. The summed E-state index contributed by atoms with van der Waals surface area (Å²) in [5, 5.41) is 9.47. The van der Waals surface area contributed by atoms with Gasteiger partial charge in [-0.05, 0) is 34.1 Å². The van der Waals surface area contributed by atoms with E-state index in [4.69, 9.17) is 16.7 Å². The van der Waals surface area contributed by atoms with Gasteiger partial charge in [-0.25, -0.2) is 4.79 Å². The minimum atomic E-state index is -1.03. The molecule has 82 valence electrons. The van der Waals surface area contributed by atoms with Gasteiger partial charge < -0.3 is 5.11 Å². The van der Waals surface area contributed by atoms with Crippen LogP contribution in [0.15, 0.2) is 40.9 Å². The van der Waals surface area contributed by atoms with Gasteiger partial charge in [-0.3, -0.25) is 4.57 Å². The number of halogens is 2. The topological polar surface area (TPSA) is 42.2 Å². The van der Waals surface area contributed by atoms with Crippen molar-refractivity contribution >= 4 is 33.5 Å². The fourth-order valence-corrected chi connectivity index (χ4v) is 2.47. The van der Waals surface area contributed by atoms with E-state index >= 15 is 0 Å². The quantitative estimate of drug-likeness (QED) is 0.921. The van der Waals surface area contributed by atoms with Gasteiger partial charge in [0.2, 0.25) is 0 Å². The van der Waals surface area contributed by atoms with Gasteiger partial charge in [-0.2, -0.15) is 0 Å². The van der Waals surface area contributed by atoms with Crippen LogP contribution in [0.1, 0.15) is 10.5 Å². The summed E-state index contributed by atoms with van der Waals surface area (Å²) in [5.74, 6) is -1.03. The van der Waals surface area contributed by atoms with Crippen LogP contribution in [-0.2, 0) is 0 Å². The van der Waals surface area contributed by atoms with Crippen molar-refractivity contribution in [2.24, 2.45) is 0 Å². The minimum absolute atomic E-state index is 0.121. The number of aromatic nitrogens is 1. The number of hydrogen-bond acceptors (Lipinski definition) is 1. The van der Waals surface area contributed by atoms with Crippen LogP contribution in [0.4, 0.5) is 0 Å². The van der Waals surface area contributed by atoms with Crippen LogP contribution in [-0.4, -0.2) is 15.6 Å². The number of carboxylic acids is 1. The molecule has 1 aromatic heterocycles. The molecule has 0 spiro atoms. The number of carbonyl (C=O) groups is 1. The first-order valence-electron chi connectivity index (χ1n) is 4.46. The van der Waals surface area contributed by atoms with Gasteiger partial charge in [-0.1, -0.05) is 29.8 Å². The van der Waals surface area contributed by atoms with Crippen LogP contribution in [0, 0.1) is 0 Å². The van der Waals surface area contributed by atoms with Gasteiger partial charge >= 0.3 is 5.97 Å². The average molecular weight is 301 g/mol. The van der Waals surface area contributed by atoms with E-state index in [-0.39, 0.29) is 5.69 Å². The highest BCUT2D eigenvalue weighted by Gasteiger charge is 2.19. The van der Waals surface area contributed by atoms with E-state index in [1.54, 1.807) is 18.2 Å². The summed E-state index contributed by atoms with van der Waals surface area (Å²) in [6.45, 7) is 0. The van der Waals surface area contributed by atoms with Crippen molar-refractivity contribution < 1.29 is 9.90 Å². The zero-order chi connectivity index (χ0) is 11.7. The van der Waals surface area contributed by atoms with E-state index in [0.717, 1.165) is 5.69 Å². The van der Waals surface area contributed by atoms with Gasteiger partial charge in [0.05, 0.1) is 4.47 Å². The first-order chi connectivity index (χ1) is 7.61. The van der Waals surface area contributed by atoms with Crippen molar-refractivity contribution in [1.82, 2.24) is 4.57 Å². The Balaban J connectivity index is 2.69. The molecule has 2 aromatic rings. The molecule has 0 aliphatic carbocycles. The van der Waals surface area contributed by atoms with Crippen molar-refractivity contribution in [2.45, 2.75) is 0 Å². The van der Waals surface area contributed by atoms with Gasteiger partial charge in [0.25, 0.3) is 0 Å². The summed E-state index contributed by atoms with van der Waals surface area (Å²) in [4.78, 5) is 11.1. The highest BCUT2D eigenvalue weighted by atomic mass is 79.9. The van der Waals surface area contributed by atoms with Crippen LogP contribution < -0.4 is 0 Å². The second kappa shape index (κ2) is 4.31. The zero-order valence-electron chi connectivity index (χ0n) is 8.02. The third-order valence-electron chi connectivity index (χ3n) is 2.13. The Labute approximate surface area is 105 Å². The zero-order valence-corrected chi connectivity index (χ0v) is 10.4. The molecule has 0 saturated carbocycles. The van der Waals surface area contributed by atoms with Crippen molar-refractivity contribution in [3.05, 3.63) is 51.7 Å². The Morgan fingerprint density at radius 2 is 1.94 bits per heavy atom. The molecule has 0 bridgehead atoms. The molecule has 2 rings (SSSR count). The smallest absolute Gasteiger partial charge is 0.354 e. The van der Waals surface area contributed by atoms with E-state index < -0.39 is 5.97 Å². The largest absolute Gasteiger partial charge is 0.477 e. The third kappa shape index (κ3) is 1.86. The van der Waals surface area contributed by atoms with E-state index in [9.17, 15) is 4.79 Å². The van der Waals surface area contributed by atoms with E-state index in [1.165, 1.54) is 4.57 Å². The third-order valence-corrected chi connectivity index (χ3v) is 3.01. The Bertz CT molecular complexity index is 536. The lowest BCUT2D eigenvalue weighted by atomic mass is 10.3. The number of carboxylic acid groups (broad SMARTS) is 1. The number of hydrogen-bond donors (Lipinski definition) is 1. The molecule has 1 N–H and O–H groups in total. The molecule has 3 nitrogen and oxygen atoms in total. The van der Waals surface area contributed by atoms with E-state index in [0.29, 0.717) is 9.63 Å². The van der Waals surface area contributed by atoms with Crippen molar-refractivity contribution in [3.8, 4) is 5.69 Å². The average Bonchev–Trinajstić information content (AvgIpc) is 2.55. The maximum absolute atomic E-state index is 11.1. The lowest BCUT2D eigenvalue weighted by molar-refractivity contribution is 0.0687. The van der Waals surface area contributed by atoms with E-state index in [2.05, 4.69) is 15.9 Å².